The molecule has 5 heteroatoms. The maximum absolute atomic E-state index is 4.97. The number of methoxy groups -OCH3 is 1. The fourth-order valence-corrected chi connectivity index (χ4v) is 1.95. The van der Waals surface area contributed by atoms with Gasteiger partial charge >= 0.3 is 0 Å². The van der Waals surface area contributed by atoms with Gasteiger partial charge in [0.2, 0.25) is 0 Å². The Kier molecular flexibility index (Phi) is 9.27. The number of aryl methyl sites for hydroxylation is 1. The van der Waals surface area contributed by atoms with Crippen LogP contribution in [0.4, 0.5) is 0 Å². The van der Waals surface area contributed by atoms with Gasteiger partial charge in [-0.2, -0.15) is 5.10 Å². The van der Waals surface area contributed by atoms with Gasteiger partial charge in [-0.3, -0.25) is 4.68 Å². The van der Waals surface area contributed by atoms with Crippen LogP contribution < -0.4 is 5.32 Å². The van der Waals surface area contributed by atoms with Gasteiger partial charge in [-0.15, -0.1) is 0 Å². The molecular formula is C14H28N4O. The monoisotopic (exact) mass is 268 g/mol. The third-order valence-corrected chi connectivity index (χ3v) is 3.09. The van der Waals surface area contributed by atoms with Crippen LogP contribution in [0.3, 0.4) is 0 Å². The van der Waals surface area contributed by atoms with Crippen molar-refractivity contribution >= 4 is 0 Å². The first kappa shape index (κ1) is 16.1. The minimum atomic E-state index is 0.715. The highest BCUT2D eigenvalue weighted by Gasteiger charge is 2.00. The molecule has 0 fully saturated rings. The molecule has 0 atom stereocenters. The van der Waals surface area contributed by atoms with Crippen molar-refractivity contribution in [2.75, 3.05) is 20.3 Å². The Balaban J connectivity index is 2.06. The fourth-order valence-electron chi connectivity index (χ4n) is 1.95. The third-order valence-electron chi connectivity index (χ3n) is 3.09. The van der Waals surface area contributed by atoms with E-state index in [9.17, 15) is 0 Å². The fraction of sp³-hybridized carbons (Fsp3) is 0.857. The lowest BCUT2D eigenvalue weighted by atomic mass is 10.1. The predicted octanol–water partition coefficient (Wildman–Crippen LogP) is 2.37. The first-order valence-electron chi connectivity index (χ1n) is 7.44. The van der Waals surface area contributed by atoms with Crippen LogP contribution >= 0.6 is 0 Å². The van der Waals surface area contributed by atoms with Gasteiger partial charge in [0.1, 0.15) is 6.33 Å². The van der Waals surface area contributed by atoms with E-state index in [-0.39, 0.29) is 0 Å². The Hall–Kier alpha value is -0.940. The lowest BCUT2D eigenvalue weighted by Crippen LogP contribution is -2.19. The van der Waals surface area contributed by atoms with Gasteiger partial charge in [-0.1, -0.05) is 39.0 Å². The first-order valence-corrected chi connectivity index (χ1v) is 7.44. The number of nitrogens with one attached hydrogen (secondary N) is 1. The Morgan fingerprint density at radius 1 is 1.21 bits per heavy atom. The molecule has 5 nitrogen and oxygen atoms in total. The van der Waals surface area contributed by atoms with E-state index < -0.39 is 0 Å². The van der Waals surface area contributed by atoms with E-state index in [1.165, 1.54) is 38.5 Å². The van der Waals surface area contributed by atoms with Crippen molar-refractivity contribution < 1.29 is 4.74 Å². The summed E-state index contributed by atoms with van der Waals surface area (Å²) in [6, 6.07) is 0. The molecule has 0 amide bonds. The van der Waals surface area contributed by atoms with Crippen LogP contribution in [0.15, 0.2) is 6.33 Å². The third kappa shape index (κ3) is 7.95. The van der Waals surface area contributed by atoms with Crippen LogP contribution in [-0.4, -0.2) is 35.0 Å². The van der Waals surface area contributed by atoms with E-state index >= 15 is 0 Å². The maximum atomic E-state index is 4.97. The van der Waals surface area contributed by atoms with Gasteiger partial charge in [0.05, 0.1) is 13.2 Å². The van der Waals surface area contributed by atoms with Gasteiger partial charge in [-0.25, -0.2) is 4.98 Å². The molecule has 1 heterocycles. The van der Waals surface area contributed by atoms with Crippen LogP contribution in [0.25, 0.3) is 0 Å². The quantitative estimate of drug-likeness (QED) is 0.591. The van der Waals surface area contributed by atoms with Crippen molar-refractivity contribution in [3.8, 4) is 0 Å². The second kappa shape index (κ2) is 10.9. The minimum Gasteiger partial charge on any atom is -0.383 e. The molecule has 0 saturated carbocycles. The van der Waals surface area contributed by atoms with Crippen molar-refractivity contribution in [1.29, 1.82) is 0 Å². The van der Waals surface area contributed by atoms with Crippen molar-refractivity contribution in [1.82, 2.24) is 20.1 Å². The molecule has 0 unspecified atom stereocenters. The Labute approximate surface area is 116 Å². The number of unbranched alkanes of at least 4 members (excludes halogenated alkanes) is 5. The Morgan fingerprint density at radius 3 is 2.79 bits per heavy atom. The van der Waals surface area contributed by atoms with E-state index in [0.717, 1.165) is 25.5 Å². The summed E-state index contributed by atoms with van der Waals surface area (Å²) in [5, 5.41) is 7.69. The summed E-state index contributed by atoms with van der Waals surface area (Å²) in [6.45, 7) is 5.50. The van der Waals surface area contributed by atoms with E-state index in [2.05, 4.69) is 22.3 Å². The Bertz CT molecular complexity index is 314. The summed E-state index contributed by atoms with van der Waals surface area (Å²) >= 11 is 0. The summed E-state index contributed by atoms with van der Waals surface area (Å²) in [7, 11) is 1.70. The highest BCUT2D eigenvalue weighted by molar-refractivity contribution is 4.80. The lowest BCUT2D eigenvalue weighted by molar-refractivity contribution is 0.199. The van der Waals surface area contributed by atoms with Crippen molar-refractivity contribution in [3.05, 3.63) is 12.2 Å². The molecule has 1 aromatic rings. The van der Waals surface area contributed by atoms with Crippen LogP contribution in [0.1, 0.15) is 51.3 Å². The molecule has 19 heavy (non-hydrogen) atoms. The maximum Gasteiger partial charge on any atom is 0.164 e. The zero-order chi connectivity index (χ0) is 13.8. The number of hydrogen-bond donors (Lipinski definition) is 1. The number of rotatable bonds is 12. The van der Waals surface area contributed by atoms with E-state index in [1.807, 2.05) is 11.0 Å². The normalized spacial score (nSPS) is 11.1. The summed E-state index contributed by atoms with van der Waals surface area (Å²) in [5.74, 6) is 0.863. The molecular weight excluding hydrogens is 240 g/mol. The van der Waals surface area contributed by atoms with Crippen molar-refractivity contribution in [2.45, 2.75) is 58.5 Å². The second-order valence-electron chi connectivity index (χ2n) is 4.86. The molecule has 0 bridgehead atoms. The molecule has 0 aliphatic carbocycles. The standard InChI is InChI=1S/C14H28N4O/c1-3-4-5-6-7-8-10-18-13-16-14(17-18)12-15-9-11-19-2/h13,15H,3-12H2,1-2H3. The van der Waals surface area contributed by atoms with Gasteiger partial charge in [0.15, 0.2) is 5.82 Å². The highest BCUT2D eigenvalue weighted by atomic mass is 16.5. The molecule has 1 rings (SSSR count). The predicted molar refractivity (Wildman–Crippen MR) is 77.0 cm³/mol. The highest BCUT2D eigenvalue weighted by Crippen LogP contribution is 2.05. The largest absolute Gasteiger partial charge is 0.383 e. The topological polar surface area (TPSA) is 52.0 Å². The molecule has 0 spiro atoms. The number of aromatic nitrogens is 3. The van der Waals surface area contributed by atoms with E-state index in [1.54, 1.807) is 7.11 Å². The molecule has 1 N–H and O–H groups in total. The SMILES string of the molecule is CCCCCCCCn1cnc(CNCCOC)n1. The zero-order valence-electron chi connectivity index (χ0n) is 12.4. The van der Waals surface area contributed by atoms with Crippen LogP contribution in [0.5, 0.6) is 0 Å². The molecule has 0 saturated heterocycles. The summed E-state index contributed by atoms with van der Waals surface area (Å²) < 4.78 is 6.92. The van der Waals surface area contributed by atoms with Gasteiger partial charge in [0, 0.05) is 20.2 Å². The lowest BCUT2D eigenvalue weighted by Gasteiger charge is -2.01. The average Bonchev–Trinajstić information content (AvgIpc) is 2.87. The first-order chi connectivity index (χ1) is 9.36. The number of hydrogen-bond acceptors (Lipinski definition) is 4. The minimum absolute atomic E-state index is 0.715. The molecule has 0 aromatic carbocycles. The summed E-state index contributed by atoms with van der Waals surface area (Å²) in [5.41, 5.74) is 0. The number of ether oxygens (including phenoxy) is 1. The zero-order valence-corrected chi connectivity index (χ0v) is 12.4. The second-order valence-corrected chi connectivity index (χ2v) is 4.86. The molecule has 1 aromatic heterocycles. The number of nitrogens with zero attached hydrogens (tertiary/aromatic N) is 3. The smallest absolute Gasteiger partial charge is 0.164 e. The van der Waals surface area contributed by atoms with Crippen LogP contribution in [0.2, 0.25) is 0 Å². The van der Waals surface area contributed by atoms with Crippen molar-refractivity contribution in [2.24, 2.45) is 0 Å². The van der Waals surface area contributed by atoms with Crippen molar-refractivity contribution in [3.63, 3.8) is 0 Å². The summed E-state index contributed by atoms with van der Waals surface area (Å²) in [4.78, 5) is 4.29. The van der Waals surface area contributed by atoms with Crippen LogP contribution in [0, 0.1) is 0 Å². The summed E-state index contributed by atoms with van der Waals surface area (Å²) in [6.07, 6.45) is 9.70. The Morgan fingerprint density at radius 2 is 2.00 bits per heavy atom. The molecule has 0 radical (unpaired) electrons. The average molecular weight is 268 g/mol. The van der Waals surface area contributed by atoms with Gasteiger partial charge in [-0.05, 0) is 6.42 Å². The van der Waals surface area contributed by atoms with E-state index in [0.29, 0.717) is 6.54 Å². The van der Waals surface area contributed by atoms with E-state index in [4.69, 9.17) is 4.74 Å². The van der Waals surface area contributed by atoms with Gasteiger partial charge < -0.3 is 10.1 Å². The van der Waals surface area contributed by atoms with Crippen LogP contribution in [-0.2, 0) is 17.8 Å². The molecule has 0 aliphatic heterocycles. The van der Waals surface area contributed by atoms with Gasteiger partial charge in [0.25, 0.3) is 0 Å². The molecule has 110 valence electrons. The molecule has 0 aliphatic rings.